The summed E-state index contributed by atoms with van der Waals surface area (Å²) in [4.78, 5) is 12.4. The van der Waals surface area contributed by atoms with Gasteiger partial charge in [-0.15, -0.1) is 0 Å². The normalized spacial score (nSPS) is 10.4. The molecule has 0 unspecified atom stereocenters. The zero-order chi connectivity index (χ0) is 12.5. The highest BCUT2D eigenvalue weighted by atomic mass is 16.1. The van der Waals surface area contributed by atoms with Crippen LogP contribution in [-0.2, 0) is 0 Å². The second kappa shape index (κ2) is 3.97. The van der Waals surface area contributed by atoms with Crippen LogP contribution in [0, 0.1) is 11.3 Å². The van der Waals surface area contributed by atoms with E-state index in [4.69, 9.17) is 5.26 Å². The fourth-order valence-electron chi connectivity index (χ4n) is 2.14. The number of rotatable bonds is 0. The maximum atomic E-state index is 12.4. The third-order valence-corrected chi connectivity index (χ3v) is 3.07. The van der Waals surface area contributed by atoms with Gasteiger partial charge in [0, 0.05) is 10.8 Å². The fraction of sp³-hybridized carbons (Fsp3) is 0. The summed E-state index contributed by atoms with van der Waals surface area (Å²) in [6, 6.07) is 18.6. The molecule has 0 radical (unpaired) electrons. The summed E-state index contributed by atoms with van der Waals surface area (Å²) < 4.78 is 0. The molecule has 0 saturated carbocycles. The van der Waals surface area contributed by atoms with Gasteiger partial charge in [-0.05, 0) is 22.9 Å². The Labute approximate surface area is 104 Å². The van der Waals surface area contributed by atoms with Crippen LogP contribution in [0.4, 0.5) is 0 Å². The number of nitrogens with zero attached hydrogens (tertiary/aromatic N) is 1. The molecule has 18 heavy (non-hydrogen) atoms. The molecule has 0 amide bonds. The summed E-state index contributed by atoms with van der Waals surface area (Å²) in [7, 11) is 0. The van der Waals surface area contributed by atoms with E-state index < -0.39 is 0 Å². The Morgan fingerprint density at radius 2 is 1.50 bits per heavy atom. The third-order valence-electron chi connectivity index (χ3n) is 3.07. The number of hydrogen-bond donors (Lipinski definition) is 0. The maximum Gasteiger partial charge on any atom is 0.194 e. The zero-order valence-electron chi connectivity index (χ0n) is 9.55. The van der Waals surface area contributed by atoms with Crippen LogP contribution in [0.1, 0.15) is 5.56 Å². The highest BCUT2D eigenvalue weighted by molar-refractivity contribution is 5.93. The van der Waals surface area contributed by atoms with E-state index in [1.807, 2.05) is 42.5 Å². The van der Waals surface area contributed by atoms with Gasteiger partial charge in [-0.3, -0.25) is 4.79 Å². The number of fused-ring (bicyclic) bond motifs is 2. The molecule has 3 rings (SSSR count). The second-order valence-corrected chi connectivity index (χ2v) is 4.16. The smallest absolute Gasteiger partial charge is 0.194 e. The SMILES string of the molecule is N#Cc1ccc2ccc3ccccc3c(=O)c2c1. The third kappa shape index (κ3) is 1.54. The van der Waals surface area contributed by atoms with Crippen molar-refractivity contribution < 1.29 is 0 Å². The van der Waals surface area contributed by atoms with Gasteiger partial charge in [-0.1, -0.05) is 42.5 Å². The average Bonchev–Trinajstić information content (AvgIpc) is 2.57. The summed E-state index contributed by atoms with van der Waals surface area (Å²) in [5.74, 6) is 0. The molecule has 2 nitrogen and oxygen atoms in total. The minimum Gasteiger partial charge on any atom is -0.289 e. The van der Waals surface area contributed by atoms with E-state index in [9.17, 15) is 4.79 Å². The minimum absolute atomic E-state index is 0.0253. The van der Waals surface area contributed by atoms with Crippen molar-refractivity contribution in [3.05, 3.63) is 70.4 Å². The molecule has 0 aliphatic rings. The summed E-state index contributed by atoms with van der Waals surface area (Å²) in [6.45, 7) is 0. The Bertz CT molecular complexity index is 860. The average molecular weight is 231 g/mol. The molecular formula is C16H9NO. The lowest BCUT2D eigenvalue weighted by molar-refractivity contribution is 1.50. The number of hydrogen-bond acceptors (Lipinski definition) is 2. The van der Waals surface area contributed by atoms with Gasteiger partial charge in [0.2, 0.25) is 0 Å². The van der Waals surface area contributed by atoms with Gasteiger partial charge in [0.15, 0.2) is 5.43 Å². The van der Waals surface area contributed by atoms with E-state index in [0.29, 0.717) is 16.3 Å². The lowest BCUT2D eigenvalue weighted by Gasteiger charge is -1.92. The molecule has 0 N–H and O–H groups in total. The summed E-state index contributed by atoms with van der Waals surface area (Å²) >= 11 is 0. The van der Waals surface area contributed by atoms with Gasteiger partial charge < -0.3 is 0 Å². The van der Waals surface area contributed by atoms with Crippen molar-refractivity contribution in [1.82, 2.24) is 0 Å². The molecule has 0 aromatic heterocycles. The van der Waals surface area contributed by atoms with E-state index >= 15 is 0 Å². The Kier molecular flexibility index (Phi) is 2.32. The Morgan fingerprint density at radius 3 is 2.28 bits per heavy atom. The molecule has 0 atom stereocenters. The largest absolute Gasteiger partial charge is 0.289 e. The molecule has 0 aliphatic heterocycles. The molecule has 84 valence electrons. The van der Waals surface area contributed by atoms with Crippen molar-refractivity contribution in [2.24, 2.45) is 0 Å². The van der Waals surface area contributed by atoms with Crippen molar-refractivity contribution in [2.75, 3.05) is 0 Å². The Hall–Kier alpha value is -2.66. The molecule has 2 heteroatoms. The summed E-state index contributed by atoms with van der Waals surface area (Å²) in [6.07, 6.45) is 0. The van der Waals surface area contributed by atoms with Crippen molar-refractivity contribution in [3.63, 3.8) is 0 Å². The van der Waals surface area contributed by atoms with Crippen LogP contribution in [0.25, 0.3) is 21.5 Å². The molecule has 0 spiro atoms. The van der Waals surface area contributed by atoms with Gasteiger partial charge in [-0.2, -0.15) is 5.26 Å². The quantitative estimate of drug-likeness (QED) is 0.596. The maximum absolute atomic E-state index is 12.4. The number of benzene rings is 2. The van der Waals surface area contributed by atoms with Crippen molar-refractivity contribution in [1.29, 1.82) is 5.26 Å². The van der Waals surface area contributed by atoms with Gasteiger partial charge >= 0.3 is 0 Å². The van der Waals surface area contributed by atoms with E-state index in [-0.39, 0.29) is 5.43 Å². The van der Waals surface area contributed by atoms with Crippen molar-refractivity contribution in [2.45, 2.75) is 0 Å². The lowest BCUT2D eigenvalue weighted by atomic mass is 10.1. The Morgan fingerprint density at radius 1 is 0.833 bits per heavy atom. The number of nitriles is 1. The van der Waals surface area contributed by atoms with E-state index in [0.717, 1.165) is 10.8 Å². The molecule has 0 bridgehead atoms. The molecule has 0 heterocycles. The monoisotopic (exact) mass is 231 g/mol. The molecule has 0 fully saturated rings. The molecule has 3 aromatic carbocycles. The van der Waals surface area contributed by atoms with Gasteiger partial charge in [-0.25, -0.2) is 0 Å². The van der Waals surface area contributed by atoms with Gasteiger partial charge in [0.1, 0.15) is 0 Å². The molecule has 0 saturated heterocycles. The lowest BCUT2D eigenvalue weighted by Crippen LogP contribution is -1.98. The van der Waals surface area contributed by atoms with E-state index in [1.165, 1.54) is 0 Å². The van der Waals surface area contributed by atoms with Crippen LogP contribution in [-0.4, -0.2) is 0 Å². The van der Waals surface area contributed by atoms with Crippen molar-refractivity contribution in [3.8, 4) is 6.07 Å². The van der Waals surface area contributed by atoms with Gasteiger partial charge in [0.25, 0.3) is 0 Å². The first-order valence-electron chi connectivity index (χ1n) is 5.65. The van der Waals surface area contributed by atoms with Crippen molar-refractivity contribution >= 4 is 21.5 Å². The van der Waals surface area contributed by atoms with Crippen LogP contribution in [0.2, 0.25) is 0 Å². The van der Waals surface area contributed by atoms with E-state index in [1.54, 1.807) is 12.1 Å². The highest BCUT2D eigenvalue weighted by Crippen LogP contribution is 2.16. The Balaban J connectivity index is 2.61. The zero-order valence-corrected chi connectivity index (χ0v) is 9.55. The second-order valence-electron chi connectivity index (χ2n) is 4.16. The molecular weight excluding hydrogens is 222 g/mol. The first-order valence-corrected chi connectivity index (χ1v) is 5.65. The van der Waals surface area contributed by atoms with Crippen LogP contribution in [0.5, 0.6) is 0 Å². The summed E-state index contributed by atoms with van der Waals surface area (Å²) in [5.41, 5.74) is 0.484. The molecule has 0 aliphatic carbocycles. The predicted molar refractivity (Wildman–Crippen MR) is 72.4 cm³/mol. The first kappa shape index (κ1) is 10.5. The topological polar surface area (TPSA) is 40.9 Å². The van der Waals surface area contributed by atoms with Crippen LogP contribution in [0.3, 0.4) is 0 Å². The van der Waals surface area contributed by atoms with Crippen LogP contribution >= 0.6 is 0 Å². The van der Waals surface area contributed by atoms with Crippen LogP contribution < -0.4 is 5.43 Å². The standard InChI is InChI=1S/C16H9NO/c17-10-11-5-6-13-8-7-12-3-1-2-4-14(12)16(18)15(13)9-11/h1-9H. The van der Waals surface area contributed by atoms with E-state index in [2.05, 4.69) is 6.07 Å². The summed E-state index contributed by atoms with van der Waals surface area (Å²) in [5, 5.41) is 12.0. The van der Waals surface area contributed by atoms with Gasteiger partial charge in [0.05, 0.1) is 11.6 Å². The highest BCUT2D eigenvalue weighted by Gasteiger charge is 2.02. The fourth-order valence-corrected chi connectivity index (χ4v) is 2.14. The predicted octanol–water partition coefficient (Wildman–Crippen LogP) is 3.22. The van der Waals surface area contributed by atoms with Crippen LogP contribution in [0.15, 0.2) is 59.4 Å². The first-order chi connectivity index (χ1) is 8.79. The minimum atomic E-state index is -0.0253. The molecule has 3 aromatic rings.